The Morgan fingerprint density at radius 3 is 2.70 bits per heavy atom. The van der Waals surface area contributed by atoms with Gasteiger partial charge in [0.25, 0.3) is 0 Å². The van der Waals surface area contributed by atoms with Gasteiger partial charge in [0.1, 0.15) is 5.75 Å². The molecule has 0 amide bonds. The highest BCUT2D eigenvalue weighted by Gasteiger charge is 2.20. The summed E-state index contributed by atoms with van der Waals surface area (Å²) in [5.41, 5.74) is 1.55. The molecule has 0 radical (unpaired) electrons. The molecule has 2 aromatic rings. The first-order chi connectivity index (χ1) is 9.72. The Bertz CT molecular complexity index is 514. The molecule has 1 unspecified atom stereocenters. The highest BCUT2D eigenvalue weighted by Crippen LogP contribution is 2.31. The normalized spacial score (nSPS) is 12.6. The summed E-state index contributed by atoms with van der Waals surface area (Å²) in [6.45, 7) is -0.0350. The highest BCUT2D eigenvalue weighted by molar-refractivity contribution is 5.40. The van der Waals surface area contributed by atoms with Gasteiger partial charge in [-0.1, -0.05) is 25.1 Å². The summed E-state index contributed by atoms with van der Waals surface area (Å²) in [4.78, 5) is 0. The zero-order chi connectivity index (χ0) is 14.4. The van der Waals surface area contributed by atoms with E-state index in [-0.39, 0.29) is 11.8 Å². The van der Waals surface area contributed by atoms with Crippen LogP contribution in [0.4, 0.5) is 8.78 Å². The van der Waals surface area contributed by atoms with E-state index in [9.17, 15) is 8.78 Å². The van der Waals surface area contributed by atoms with E-state index in [0.717, 1.165) is 18.5 Å². The van der Waals surface area contributed by atoms with Gasteiger partial charge in [-0.2, -0.15) is 8.78 Å². The molecule has 0 bridgehead atoms. The smallest absolute Gasteiger partial charge is 0.387 e. The predicted molar refractivity (Wildman–Crippen MR) is 71.9 cm³/mol. The lowest BCUT2D eigenvalue weighted by molar-refractivity contribution is -0.0506. The summed E-state index contributed by atoms with van der Waals surface area (Å²) in [7, 11) is 0. The maximum absolute atomic E-state index is 12.5. The molecule has 0 saturated heterocycles. The average molecular weight is 281 g/mol. The van der Waals surface area contributed by atoms with Gasteiger partial charge in [-0.3, -0.25) is 0 Å². The fourth-order valence-electron chi connectivity index (χ4n) is 2.06. The first-order valence-corrected chi connectivity index (χ1v) is 6.51. The van der Waals surface area contributed by atoms with Crippen molar-refractivity contribution < 1.29 is 17.9 Å². The Kier molecular flexibility index (Phi) is 5.12. The molecule has 2 rings (SSSR count). The van der Waals surface area contributed by atoms with E-state index in [1.54, 1.807) is 36.8 Å². The monoisotopic (exact) mass is 281 g/mol. The molecule has 0 fully saturated rings. The van der Waals surface area contributed by atoms with Gasteiger partial charge < -0.3 is 14.5 Å². The van der Waals surface area contributed by atoms with Gasteiger partial charge >= 0.3 is 6.61 Å². The number of hydrogen-bond acceptors (Lipinski definition) is 3. The second-order valence-electron chi connectivity index (χ2n) is 4.36. The van der Waals surface area contributed by atoms with Crippen molar-refractivity contribution in [3.05, 3.63) is 54.0 Å². The third-order valence-corrected chi connectivity index (χ3v) is 2.92. The van der Waals surface area contributed by atoms with Gasteiger partial charge in [0.15, 0.2) is 0 Å². The summed E-state index contributed by atoms with van der Waals surface area (Å²) in [5.74, 6) is 0.178. The van der Waals surface area contributed by atoms with Crippen LogP contribution in [0.25, 0.3) is 0 Å². The molecule has 0 aliphatic carbocycles. The number of rotatable bonds is 7. The maximum Gasteiger partial charge on any atom is 0.387 e. The van der Waals surface area contributed by atoms with Gasteiger partial charge in [0.2, 0.25) is 0 Å². The summed E-state index contributed by atoms with van der Waals surface area (Å²) < 4.78 is 34.7. The number of benzene rings is 1. The zero-order valence-corrected chi connectivity index (χ0v) is 11.2. The van der Waals surface area contributed by atoms with E-state index in [0.29, 0.717) is 5.56 Å². The topological polar surface area (TPSA) is 34.4 Å². The van der Waals surface area contributed by atoms with Crippen LogP contribution < -0.4 is 10.1 Å². The number of ether oxygens (including phenoxy) is 1. The fourth-order valence-corrected chi connectivity index (χ4v) is 2.06. The van der Waals surface area contributed by atoms with Crippen molar-refractivity contribution in [3.8, 4) is 5.75 Å². The molecule has 1 atom stereocenters. The van der Waals surface area contributed by atoms with Crippen LogP contribution in [0.1, 0.15) is 30.5 Å². The second-order valence-corrected chi connectivity index (χ2v) is 4.36. The minimum atomic E-state index is -2.84. The van der Waals surface area contributed by atoms with Gasteiger partial charge in [-0.05, 0) is 25.1 Å². The molecular weight excluding hydrogens is 264 g/mol. The highest BCUT2D eigenvalue weighted by atomic mass is 19.3. The summed E-state index contributed by atoms with van der Waals surface area (Å²) in [5, 5.41) is 3.32. The molecule has 1 N–H and O–H groups in total. The number of para-hydroxylation sites is 1. The van der Waals surface area contributed by atoms with Gasteiger partial charge in [-0.15, -0.1) is 0 Å². The second kappa shape index (κ2) is 7.05. The largest absolute Gasteiger partial charge is 0.472 e. The van der Waals surface area contributed by atoms with Crippen molar-refractivity contribution in [1.29, 1.82) is 0 Å². The Morgan fingerprint density at radius 2 is 2.05 bits per heavy atom. The molecule has 0 aliphatic rings. The molecule has 0 saturated carbocycles. The lowest BCUT2D eigenvalue weighted by Crippen LogP contribution is -2.23. The number of halogens is 2. The number of furan rings is 1. The lowest BCUT2D eigenvalue weighted by atomic mass is 10.00. The van der Waals surface area contributed by atoms with Crippen LogP contribution in [0.5, 0.6) is 5.75 Å². The molecule has 3 nitrogen and oxygen atoms in total. The number of hydrogen-bond donors (Lipinski definition) is 1. The Morgan fingerprint density at radius 1 is 1.25 bits per heavy atom. The van der Waals surface area contributed by atoms with E-state index in [4.69, 9.17) is 4.42 Å². The van der Waals surface area contributed by atoms with Crippen LogP contribution in [-0.4, -0.2) is 13.2 Å². The third-order valence-electron chi connectivity index (χ3n) is 2.92. The van der Waals surface area contributed by atoms with Crippen molar-refractivity contribution in [2.24, 2.45) is 0 Å². The van der Waals surface area contributed by atoms with Crippen molar-refractivity contribution >= 4 is 0 Å². The quantitative estimate of drug-likeness (QED) is 0.834. The van der Waals surface area contributed by atoms with Crippen molar-refractivity contribution in [2.45, 2.75) is 26.0 Å². The minimum Gasteiger partial charge on any atom is -0.472 e. The van der Waals surface area contributed by atoms with Crippen LogP contribution >= 0.6 is 0 Å². The third kappa shape index (κ3) is 3.57. The molecule has 1 aromatic carbocycles. The molecule has 108 valence electrons. The SMILES string of the molecule is CCCNC(c1ccoc1)c1ccccc1OC(F)F. The van der Waals surface area contributed by atoms with Crippen LogP contribution in [0.2, 0.25) is 0 Å². The van der Waals surface area contributed by atoms with Crippen LogP contribution in [-0.2, 0) is 0 Å². The van der Waals surface area contributed by atoms with Crippen molar-refractivity contribution in [2.75, 3.05) is 6.54 Å². The van der Waals surface area contributed by atoms with Gasteiger partial charge in [0.05, 0.1) is 18.6 Å². The molecule has 20 heavy (non-hydrogen) atoms. The fraction of sp³-hybridized carbons (Fsp3) is 0.333. The average Bonchev–Trinajstić information content (AvgIpc) is 2.94. The van der Waals surface area contributed by atoms with E-state index in [2.05, 4.69) is 10.1 Å². The van der Waals surface area contributed by atoms with Gasteiger partial charge in [0, 0.05) is 11.1 Å². The van der Waals surface area contributed by atoms with Crippen LogP contribution in [0.3, 0.4) is 0 Å². The van der Waals surface area contributed by atoms with Gasteiger partial charge in [-0.25, -0.2) is 0 Å². The molecule has 0 aliphatic heterocycles. The number of nitrogens with one attached hydrogen (secondary N) is 1. The van der Waals surface area contributed by atoms with E-state index < -0.39 is 6.61 Å². The summed E-state index contributed by atoms with van der Waals surface area (Å²) in [6, 6.07) is 8.37. The maximum atomic E-state index is 12.5. The standard InChI is InChI=1S/C15H17F2NO2/c1-2-8-18-14(11-7-9-19-10-11)12-5-3-4-6-13(12)20-15(16)17/h3-7,9-10,14-15,18H,2,8H2,1H3. The summed E-state index contributed by atoms with van der Waals surface area (Å²) in [6.07, 6.45) is 4.10. The van der Waals surface area contributed by atoms with Crippen LogP contribution in [0.15, 0.2) is 47.3 Å². The minimum absolute atomic E-state index is 0.178. The Balaban J connectivity index is 2.33. The molecule has 0 spiro atoms. The Hall–Kier alpha value is -1.88. The first-order valence-electron chi connectivity index (χ1n) is 6.51. The Labute approximate surface area is 116 Å². The van der Waals surface area contributed by atoms with E-state index in [1.807, 2.05) is 13.0 Å². The lowest BCUT2D eigenvalue weighted by Gasteiger charge is -2.20. The van der Waals surface area contributed by atoms with Crippen molar-refractivity contribution in [1.82, 2.24) is 5.32 Å². The first kappa shape index (κ1) is 14.5. The molecule has 1 aromatic heterocycles. The zero-order valence-electron chi connectivity index (χ0n) is 11.2. The van der Waals surface area contributed by atoms with Crippen LogP contribution in [0, 0.1) is 0 Å². The molecule has 5 heteroatoms. The summed E-state index contributed by atoms with van der Waals surface area (Å²) >= 11 is 0. The van der Waals surface area contributed by atoms with E-state index in [1.165, 1.54) is 0 Å². The molecular formula is C15H17F2NO2. The van der Waals surface area contributed by atoms with E-state index >= 15 is 0 Å². The van der Waals surface area contributed by atoms with Crippen molar-refractivity contribution in [3.63, 3.8) is 0 Å². The molecule has 1 heterocycles. The predicted octanol–water partition coefficient (Wildman–Crippen LogP) is 3.97. The number of alkyl halides is 2.